The first-order valence-corrected chi connectivity index (χ1v) is 5.08. The van der Waals surface area contributed by atoms with Crippen molar-refractivity contribution >= 4 is 10.9 Å². The third-order valence-corrected chi connectivity index (χ3v) is 3.15. The van der Waals surface area contributed by atoms with Gasteiger partial charge < -0.3 is 10.1 Å². The molecule has 14 heavy (non-hydrogen) atoms. The van der Waals surface area contributed by atoms with E-state index in [1.807, 2.05) is 0 Å². The van der Waals surface area contributed by atoms with Gasteiger partial charge in [-0.25, -0.2) is 0 Å². The Kier molecular flexibility index (Phi) is 1.64. The number of hydrogen-bond donors (Lipinski definition) is 2. The zero-order valence-electron chi connectivity index (χ0n) is 7.96. The summed E-state index contributed by atoms with van der Waals surface area (Å²) in [6, 6.07) is 8.40. The molecule has 0 spiro atoms. The number of nitrogens with one attached hydrogen (secondary N) is 1. The maximum Gasteiger partial charge on any atom is 0.0466 e. The molecule has 0 aliphatic heterocycles. The van der Waals surface area contributed by atoms with Gasteiger partial charge in [-0.3, -0.25) is 0 Å². The molecule has 1 heterocycles. The molecule has 1 atom stereocenters. The van der Waals surface area contributed by atoms with E-state index < -0.39 is 0 Å². The average molecular weight is 187 g/mol. The molecule has 1 aromatic heterocycles. The number of H-pyrrole nitrogens is 1. The van der Waals surface area contributed by atoms with Crippen LogP contribution in [0.1, 0.15) is 11.3 Å². The number of aliphatic hydroxyl groups is 1. The van der Waals surface area contributed by atoms with Gasteiger partial charge in [-0.15, -0.1) is 0 Å². The number of aliphatic hydroxyl groups excluding tert-OH is 1. The molecule has 72 valence electrons. The third-order valence-electron chi connectivity index (χ3n) is 3.15. The Hall–Kier alpha value is -1.28. The highest BCUT2D eigenvalue weighted by Crippen LogP contribution is 2.32. The van der Waals surface area contributed by atoms with Gasteiger partial charge in [0.1, 0.15) is 0 Å². The van der Waals surface area contributed by atoms with E-state index in [4.69, 9.17) is 5.11 Å². The second-order valence-corrected chi connectivity index (χ2v) is 4.08. The Balaban J connectivity index is 2.16. The first-order chi connectivity index (χ1) is 6.88. The lowest BCUT2D eigenvalue weighted by Crippen LogP contribution is -2.05. The van der Waals surface area contributed by atoms with Gasteiger partial charge in [0.25, 0.3) is 0 Å². The number of aromatic amines is 1. The van der Waals surface area contributed by atoms with Crippen LogP contribution in [0.15, 0.2) is 24.3 Å². The fourth-order valence-corrected chi connectivity index (χ4v) is 2.44. The summed E-state index contributed by atoms with van der Waals surface area (Å²) in [4.78, 5) is 3.43. The van der Waals surface area contributed by atoms with E-state index in [9.17, 15) is 0 Å². The molecule has 0 fully saturated rings. The summed E-state index contributed by atoms with van der Waals surface area (Å²) in [5.74, 6) is 0.431. The van der Waals surface area contributed by atoms with Gasteiger partial charge in [-0.05, 0) is 30.4 Å². The van der Waals surface area contributed by atoms with Crippen molar-refractivity contribution in [2.75, 3.05) is 6.61 Å². The Morgan fingerprint density at radius 3 is 3.00 bits per heavy atom. The third kappa shape index (κ3) is 1.01. The number of aromatic nitrogens is 1. The van der Waals surface area contributed by atoms with Crippen LogP contribution in [0.4, 0.5) is 0 Å². The SMILES string of the molecule is OCC1Cc2[nH]c3ccccc3c2C1. The average Bonchev–Trinajstić information content (AvgIpc) is 2.73. The Morgan fingerprint density at radius 2 is 2.14 bits per heavy atom. The smallest absolute Gasteiger partial charge is 0.0466 e. The number of hydrogen-bond acceptors (Lipinski definition) is 1. The summed E-state index contributed by atoms with van der Waals surface area (Å²) in [6.07, 6.45) is 2.02. The predicted octanol–water partition coefficient (Wildman–Crippen LogP) is 1.88. The quantitative estimate of drug-likeness (QED) is 0.702. The van der Waals surface area contributed by atoms with E-state index in [0.29, 0.717) is 12.5 Å². The van der Waals surface area contributed by atoms with Crippen LogP contribution in [0, 0.1) is 5.92 Å². The summed E-state index contributed by atoms with van der Waals surface area (Å²) >= 11 is 0. The molecule has 1 aromatic carbocycles. The zero-order chi connectivity index (χ0) is 9.54. The van der Waals surface area contributed by atoms with Crippen LogP contribution in [0.2, 0.25) is 0 Å². The summed E-state index contributed by atoms with van der Waals surface area (Å²) in [7, 11) is 0. The molecular formula is C12H13NO. The normalized spacial score (nSPS) is 20.2. The molecular weight excluding hydrogens is 174 g/mol. The monoisotopic (exact) mass is 187 g/mol. The molecule has 0 radical (unpaired) electrons. The molecule has 3 rings (SSSR count). The van der Waals surface area contributed by atoms with E-state index in [-0.39, 0.29) is 0 Å². The Labute approximate surface area is 82.6 Å². The van der Waals surface area contributed by atoms with Crippen LogP contribution in [0.3, 0.4) is 0 Å². The summed E-state index contributed by atoms with van der Waals surface area (Å²) < 4.78 is 0. The molecule has 1 unspecified atom stereocenters. The molecule has 1 aliphatic carbocycles. The standard InChI is InChI=1S/C12H13NO/c14-7-8-5-10-9-3-1-2-4-11(9)13-12(10)6-8/h1-4,8,13-14H,5-7H2. The predicted molar refractivity (Wildman–Crippen MR) is 56.3 cm³/mol. The summed E-state index contributed by atoms with van der Waals surface area (Å²) in [5, 5.41) is 10.4. The van der Waals surface area contributed by atoms with E-state index in [1.165, 1.54) is 22.2 Å². The highest BCUT2D eigenvalue weighted by atomic mass is 16.3. The minimum atomic E-state index is 0.302. The topological polar surface area (TPSA) is 36.0 Å². The van der Waals surface area contributed by atoms with Gasteiger partial charge in [0.15, 0.2) is 0 Å². The maximum absolute atomic E-state index is 9.11. The minimum absolute atomic E-state index is 0.302. The maximum atomic E-state index is 9.11. The fourth-order valence-electron chi connectivity index (χ4n) is 2.44. The van der Waals surface area contributed by atoms with Crippen LogP contribution in [-0.2, 0) is 12.8 Å². The largest absolute Gasteiger partial charge is 0.396 e. The van der Waals surface area contributed by atoms with Crippen molar-refractivity contribution in [1.82, 2.24) is 4.98 Å². The first-order valence-electron chi connectivity index (χ1n) is 5.08. The molecule has 2 aromatic rings. The molecule has 2 heteroatoms. The van der Waals surface area contributed by atoms with Crippen molar-refractivity contribution in [3.05, 3.63) is 35.5 Å². The molecule has 0 saturated heterocycles. The minimum Gasteiger partial charge on any atom is -0.396 e. The van der Waals surface area contributed by atoms with Crippen molar-refractivity contribution in [3.8, 4) is 0 Å². The lowest BCUT2D eigenvalue weighted by Gasteiger charge is -2.02. The second kappa shape index (κ2) is 2.85. The van der Waals surface area contributed by atoms with Gasteiger partial charge >= 0.3 is 0 Å². The van der Waals surface area contributed by atoms with Gasteiger partial charge in [-0.1, -0.05) is 18.2 Å². The van der Waals surface area contributed by atoms with Crippen LogP contribution < -0.4 is 0 Å². The van der Waals surface area contributed by atoms with Crippen LogP contribution in [0.25, 0.3) is 10.9 Å². The highest BCUT2D eigenvalue weighted by Gasteiger charge is 2.24. The van der Waals surface area contributed by atoms with Gasteiger partial charge in [0, 0.05) is 23.2 Å². The van der Waals surface area contributed by atoms with E-state index in [0.717, 1.165) is 12.8 Å². The first kappa shape index (κ1) is 8.06. The molecule has 0 saturated carbocycles. The van der Waals surface area contributed by atoms with Crippen molar-refractivity contribution in [3.63, 3.8) is 0 Å². The van der Waals surface area contributed by atoms with E-state index in [1.54, 1.807) is 0 Å². The lowest BCUT2D eigenvalue weighted by atomic mass is 10.1. The Morgan fingerprint density at radius 1 is 1.29 bits per heavy atom. The Bertz CT molecular complexity index is 472. The van der Waals surface area contributed by atoms with Crippen LogP contribution in [0.5, 0.6) is 0 Å². The molecule has 0 amide bonds. The molecule has 0 bridgehead atoms. The highest BCUT2D eigenvalue weighted by molar-refractivity contribution is 5.85. The summed E-state index contributed by atoms with van der Waals surface area (Å²) in [5.41, 5.74) is 3.97. The summed E-state index contributed by atoms with van der Waals surface area (Å²) in [6.45, 7) is 0.302. The van der Waals surface area contributed by atoms with Crippen LogP contribution >= 0.6 is 0 Å². The van der Waals surface area contributed by atoms with Gasteiger partial charge in [0.05, 0.1) is 0 Å². The number of fused-ring (bicyclic) bond motifs is 3. The fraction of sp³-hybridized carbons (Fsp3) is 0.333. The van der Waals surface area contributed by atoms with Gasteiger partial charge in [-0.2, -0.15) is 0 Å². The molecule has 1 aliphatic rings. The van der Waals surface area contributed by atoms with Crippen LogP contribution in [-0.4, -0.2) is 16.7 Å². The lowest BCUT2D eigenvalue weighted by molar-refractivity contribution is 0.232. The number of rotatable bonds is 1. The van der Waals surface area contributed by atoms with Crippen molar-refractivity contribution < 1.29 is 5.11 Å². The number of para-hydroxylation sites is 1. The number of benzene rings is 1. The van der Waals surface area contributed by atoms with E-state index in [2.05, 4.69) is 29.2 Å². The van der Waals surface area contributed by atoms with E-state index >= 15 is 0 Å². The second-order valence-electron chi connectivity index (χ2n) is 4.08. The zero-order valence-corrected chi connectivity index (χ0v) is 7.96. The van der Waals surface area contributed by atoms with Crippen molar-refractivity contribution in [2.45, 2.75) is 12.8 Å². The molecule has 2 N–H and O–H groups in total. The van der Waals surface area contributed by atoms with Gasteiger partial charge in [0.2, 0.25) is 0 Å². The van der Waals surface area contributed by atoms with Crippen molar-refractivity contribution in [2.24, 2.45) is 5.92 Å². The molecule has 2 nitrogen and oxygen atoms in total. The van der Waals surface area contributed by atoms with Crippen molar-refractivity contribution in [1.29, 1.82) is 0 Å².